The van der Waals surface area contributed by atoms with E-state index in [4.69, 9.17) is 4.74 Å². The van der Waals surface area contributed by atoms with Gasteiger partial charge in [-0.2, -0.15) is 5.10 Å². The second-order valence-corrected chi connectivity index (χ2v) is 5.98. The van der Waals surface area contributed by atoms with Gasteiger partial charge in [-0.3, -0.25) is 14.7 Å². The number of hydrogen-bond acceptors (Lipinski definition) is 6. The van der Waals surface area contributed by atoms with Gasteiger partial charge in [-0.25, -0.2) is 4.79 Å². The first-order valence-electron chi connectivity index (χ1n) is 8.25. The number of carbonyl (C=O) groups excluding carboxylic acids is 3. The first-order chi connectivity index (χ1) is 12.6. The highest BCUT2D eigenvalue weighted by Gasteiger charge is 2.29. The molecule has 8 nitrogen and oxygen atoms in total. The van der Waals surface area contributed by atoms with E-state index in [1.165, 1.54) is 19.2 Å². The molecule has 8 heteroatoms. The summed E-state index contributed by atoms with van der Waals surface area (Å²) in [6.45, 7) is -0.377. The van der Waals surface area contributed by atoms with Gasteiger partial charge in [0.05, 0.1) is 30.5 Å². The Hall–Kier alpha value is -3.16. The maximum Gasteiger partial charge on any atom is 0.337 e. The smallest absolute Gasteiger partial charge is 0.337 e. The second-order valence-electron chi connectivity index (χ2n) is 5.98. The topological polar surface area (TPSA) is 110 Å². The summed E-state index contributed by atoms with van der Waals surface area (Å²) in [5, 5.41) is 9.42. The van der Waals surface area contributed by atoms with Crippen molar-refractivity contribution in [3.8, 4) is 0 Å². The maximum atomic E-state index is 12.3. The van der Waals surface area contributed by atoms with Crippen molar-refractivity contribution in [2.75, 3.05) is 19.0 Å². The predicted octanol–water partition coefficient (Wildman–Crippen LogP) is 1.80. The summed E-state index contributed by atoms with van der Waals surface area (Å²) in [7, 11) is 1.30. The number of benzene rings is 1. The molecule has 1 aromatic carbocycles. The molecule has 0 spiro atoms. The monoisotopic (exact) mass is 357 g/mol. The van der Waals surface area contributed by atoms with E-state index in [0.717, 1.165) is 24.1 Å². The molecule has 0 saturated heterocycles. The molecular formula is C18H19N3O5. The zero-order valence-electron chi connectivity index (χ0n) is 14.3. The van der Waals surface area contributed by atoms with Crippen molar-refractivity contribution in [1.82, 2.24) is 10.2 Å². The van der Waals surface area contributed by atoms with E-state index in [0.29, 0.717) is 17.7 Å². The third-order valence-corrected chi connectivity index (χ3v) is 4.26. The molecule has 0 radical (unpaired) electrons. The quantitative estimate of drug-likeness (QED) is 0.790. The van der Waals surface area contributed by atoms with Gasteiger partial charge in [-0.1, -0.05) is 0 Å². The van der Waals surface area contributed by atoms with Gasteiger partial charge < -0.3 is 14.8 Å². The van der Waals surface area contributed by atoms with E-state index in [1.54, 1.807) is 18.3 Å². The van der Waals surface area contributed by atoms with Gasteiger partial charge in [0, 0.05) is 5.69 Å². The van der Waals surface area contributed by atoms with Crippen molar-refractivity contribution in [2.45, 2.75) is 25.2 Å². The number of ether oxygens (including phenoxy) is 2. The molecule has 0 aliphatic heterocycles. The van der Waals surface area contributed by atoms with Crippen molar-refractivity contribution in [2.24, 2.45) is 0 Å². The van der Waals surface area contributed by atoms with Crippen LogP contribution in [-0.4, -0.2) is 41.8 Å². The molecule has 1 atom stereocenters. The van der Waals surface area contributed by atoms with Crippen LogP contribution in [0, 0.1) is 0 Å². The standard InChI is InChI=1S/C18H19N3O5/c1-25-17(23)11-5-7-13(8-6-11)20-15(22)10-26-18(24)14-4-2-3-12-9-19-21-16(12)14/h5-9,14H,2-4,10H2,1H3,(H,19,21)(H,20,22)/t14-/m1/s1. The third kappa shape index (κ3) is 3.90. The van der Waals surface area contributed by atoms with Crippen LogP contribution in [0.2, 0.25) is 0 Å². The van der Waals surface area contributed by atoms with Gasteiger partial charge in [0.15, 0.2) is 6.61 Å². The van der Waals surface area contributed by atoms with Gasteiger partial charge >= 0.3 is 11.9 Å². The average molecular weight is 357 g/mol. The van der Waals surface area contributed by atoms with Crippen LogP contribution in [0.1, 0.15) is 40.4 Å². The van der Waals surface area contributed by atoms with Gasteiger partial charge in [-0.15, -0.1) is 0 Å². The molecule has 0 bridgehead atoms. The van der Waals surface area contributed by atoms with Crippen molar-refractivity contribution in [1.29, 1.82) is 0 Å². The molecule has 2 aromatic rings. The van der Waals surface area contributed by atoms with E-state index < -0.39 is 23.8 Å². The molecule has 1 heterocycles. The van der Waals surface area contributed by atoms with Gasteiger partial charge in [0.25, 0.3) is 5.91 Å². The van der Waals surface area contributed by atoms with Crippen LogP contribution in [-0.2, 0) is 25.5 Å². The molecule has 2 N–H and O–H groups in total. The average Bonchev–Trinajstić information content (AvgIpc) is 3.15. The Balaban J connectivity index is 1.51. The summed E-state index contributed by atoms with van der Waals surface area (Å²) in [4.78, 5) is 35.6. The molecular weight excluding hydrogens is 338 g/mol. The number of nitrogens with zero attached hydrogens (tertiary/aromatic N) is 1. The van der Waals surface area contributed by atoms with Crippen LogP contribution in [0.4, 0.5) is 5.69 Å². The predicted molar refractivity (Wildman–Crippen MR) is 91.6 cm³/mol. The van der Waals surface area contributed by atoms with Crippen molar-refractivity contribution >= 4 is 23.5 Å². The van der Waals surface area contributed by atoms with Crippen LogP contribution in [0.25, 0.3) is 0 Å². The van der Waals surface area contributed by atoms with Crippen LogP contribution < -0.4 is 5.32 Å². The Kier molecular flexibility index (Phi) is 5.31. The summed E-state index contributed by atoms with van der Waals surface area (Å²) < 4.78 is 9.76. The highest BCUT2D eigenvalue weighted by molar-refractivity contribution is 5.94. The third-order valence-electron chi connectivity index (χ3n) is 4.26. The Morgan fingerprint density at radius 3 is 2.77 bits per heavy atom. The zero-order valence-corrected chi connectivity index (χ0v) is 14.3. The molecule has 1 aliphatic carbocycles. The van der Waals surface area contributed by atoms with Crippen LogP contribution in [0.5, 0.6) is 0 Å². The van der Waals surface area contributed by atoms with E-state index in [-0.39, 0.29) is 6.61 Å². The molecule has 0 unspecified atom stereocenters. The van der Waals surface area contributed by atoms with Crippen LogP contribution in [0.15, 0.2) is 30.5 Å². The number of nitrogens with one attached hydrogen (secondary N) is 2. The van der Waals surface area contributed by atoms with Gasteiger partial charge in [0.1, 0.15) is 0 Å². The Morgan fingerprint density at radius 2 is 2.04 bits per heavy atom. The normalized spacial score (nSPS) is 15.7. The van der Waals surface area contributed by atoms with Gasteiger partial charge in [0.2, 0.25) is 0 Å². The number of rotatable bonds is 5. The number of esters is 2. The number of methoxy groups -OCH3 is 1. The minimum Gasteiger partial charge on any atom is -0.465 e. The second kappa shape index (κ2) is 7.81. The summed E-state index contributed by atoms with van der Waals surface area (Å²) in [6, 6.07) is 6.22. The number of aromatic nitrogens is 2. The molecule has 1 amide bonds. The highest BCUT2D eigenvalue weighted by Crippen LogP contribution is 2.30. The lowest BCUT2D eigenvalue weighted by molar-refractivity contribution is -0.149. The fraction of sp³-hybridized carbons (Fsp3) is 0.333. The molecule has 1 aliphatic rings. The molecule has 136 valence electrons. The van der Waals surface area contributed by atoms with E-state index >= 15 is 0 Å². The highest BCUT2D eigenvalue weighted by atomic mass is 16.5. The first-order valence-corrected chi connectivity index (χ1v) is 8.25. The number of fused-ring (bicyclic) bond motifs is 1. The van der Waals surface area contributed by atoms with Crippen LogP contribution in [0.3, 0.4) is 0 Å². The fourth-order valence-electron chi connectivity index (χ4n) is 2.94. The van der Waals surface area contributed by atoms with Crippen molar-refractivity contribution in [3.63, 3.8) is 0 Å². The van der Waals surface area contributed by atoms with E-state index in [1.807, 2.05) is 0 Å². The molecule has 0 fully saturated rings. The van der Waals surface area contributed by atoms with Crippen molar-refractivity contribution < 1.29 is 23.9 Å². The van der Waals surface area contributed by atoms with E-state index in [9.17, 15) is 14.4 Å². The van der Waals surface area contributed by atoms with Gasteiger partial charge in [-0.05, 0) is 49.1 Å². The first kappa shape index (κ1) is 17.7. The van der Waals surface area contributed by atoms with E-state index in [2.05, 4.69) is 20.3 Å². The number of aryl methyl sites for hydroxylation is 1. The zero-order chi connectivity index (χ0) is 18.5. The Morgan fingerprint density at radius 1 is 1.27 bits per heavy atom. The van der Waals surface area contributed by atoms with Crippen LogP contribution >= 0.6 is 0 Å². The summed E-state index contributed by atoms with van der Waals surface area (Å²) in [5.74, 6) is -1.76. The van der Waals surface area contributed by atoms with Crippen molar-refractivity contribution in [3.05, 3.63) is 47.3 Å². The number of amides is 1. The number of aromatic amines is 1. The molecule has 1 aromatic heterocycles. The number of carbonyl (C=O) groups is 3. The fourth-order valence-corrected chi connectivity index (χ4v) is 2.94. The lowest BCUT2D eigenvalue weighted by Gasteiger charge is -2.20. The minimum absolute atomic E-state index is 0.377. The lowest BCUT2D eigenvalue weighted by atomic mass is 9.88. The molecule has 3 rings (SSSR count). The SMILES string of the molecule is COC(=O)c1ccc(NC(=O)COC(=O)[C@@H]2CCCc3cn[nH]c32)cc1. The summed E-state index contributed by atoms with van der Waals surface area (Å²) in [6.07, 6.45) is 4.16. The molecule has 26 heavy (non-hydrogen) atoms. The Labute approximate surface area is 149 Å². The lowest BCUT2D eigenvalue weighted by Crippen LogP contribution is -2.26. The number of hydrogen-bond donors (Lipinski definition) is 2. The number of anilines is 1. The summed E-state index contributed by atoms with van der Waals surface area (Å²) in [5.41, 5.74) is 2.67. The Bertz CT molecular complexity index is 812. The minimum atomic E-state index is -0.456. The number of H-pyrrole nitrogens is 1. The summed E-state index contributed by atoms with van der Waals surface area (Å²) >= 11 is 0. The largest absolute Gasteiger partial charge is 0.465 e. The maximum absolute atomic E-state index is 12.3. The molecule has 0 saturated carbocycles.